The highest BCUT2D eigenvalue weighted by Gasteiger charge is 2.44. The molecule has 3 saturated heterocycles. The molecule has 2 aromatic rings. The number of piperazine rings is 1. The number of aromatic amines is 1. The van der Waals surface area contributed by atoms with Gasteiger partial charge in [-0.05, 0) is 84.8 Å². The van der Waals surface area contributed by atoms with Gasteiger partial charge in [0.1, 0.15) is 27.9 Å². The molecule has 314 valence electrons. The molecule has 4 heterocycles. The molecule has 5 amide bonds. The summed E-state index contributed by atoms with van der Waals surface area (Å²) in [6.07, 6.45) is 0.886. The van der Waals surface area contributed by atoms with Gasteiger partial charge >= 0.3 is 24.3 Å². The fourth-order valence-corrected chi connectivity index (χ4v) is 8.32. The van der Waals surface area contributed by atoms with E-state index in [1.807, 2.05) is 0 Å². The van der Waals surface area contributed by atoms with Crippen LogP contribution in [0.5, 0.6) is 0 Å². The van der Waals surface area contributed by atoms with Gasteiger partial charge in [-0.25, -0.2) is 36.9 Å². The number of H-pyrrole nitrogens is 1. The SMILES string of the molecule is COC(=O)Nc1ccc(-c2nc([C@@H]3C[C@H](C4CCN(S(C)(=O)=O)CC4)CN3C(=O)N3CCN(C(=NC(=O)OC(C)(C)C)NC(=O)OC(C)(C)C)CC3)[nH]c2Cl)cc1. The molecular formula is C37H54ClN9O9S. The Morgan fingerprint density at radius 2 is 1.47 bits per heavy atom. The van der Waals surface area contributed by atoms with E-state index < -0.39 is 45.5 Å². The number of carbonyl (C=O) groups is 4. The van der Waals surface area contributed by atoms with Crippen molar-refractivity contribution in [3.8, 4) is 11.3 Å². The number of nitrogens with one attached hydrogen (secondary N) is 3. The van der Waals surface area contributed by atoms with Gasteiger partial charge < -0.3 is 33.9 Å². The first kappa shape index (κ1) is 43.5. The minimum absolute atomic E-state index is 0.0444. The van der Waals surface area contributed by atoms with Crippen LogP contribution in [0.25, 0.3) is 11.3 Å². The maximum Gasteiger partial charge on any atom is 0.437 e. The Morgan fingerprint density at radius 1 is 0.877 bits per heavy atom. The molecule has 3 fully saturated rings. The number of anilines is 1. The van der Waals surface area contributed by atoms with Gasteiger partial charge in [0, 0.05) is 57.1 Å². The number of methoxy groups -OCH3 is 1. The Hall–Kier alpha value is -4.62. The Kier molecular flexibility index (Phi) is 13.3. The third-order valence-electron chi connectivity index (χ3n) is 9.85. The molecule has 0 radical (unpaired) electrons. The molecule has 20 heteroatoms. The number of benzene rings is 1. The largest absolute Gasteiger partial charge is 0.453 e. The predicted molar refractivity (Wildman–Crippen MR) is 213 cm³/mol. The van der Waals surface area contributed by atoms with Crippen molar-refractivity contribution in [3.63, 3.8) is 0 Å². The Bertz CT molecular complexity index is 1930. The number of imidazole rings is 1. The summed E-state index contributed by atoms with van der Waals surface area (Å²) in [5, 5.41) is 5.49. The molecule has 5 rings (SSSR count). The van der Waals surface area contributed by atoms with E-state index in [-0.39, 0.29) is 50.0 Å². The zero-order chi connectivity index (χ0) is 41.9. The number of ether oxygens (including phenoxy) is 3. The molecule has 3 aliphatic rings. The fourth-order valence-electron chi connectivity index (χ4n) is 7.19. The molecule has 2 atom stereocenters. The van der Waals surface area contributed by atoms with Gasteiger partial charge in [-0.3, -0.25) is 10.6 Å². The van der Waals surface area contributed by atoms with Crippen LogP contribution in [-0.4, -0.2) is 138 Å². The quantitative estimate of drug-likeness (QED) is 0.195. The summed E-state index contributed by atoms with van der Waals surface area (Å²) < 4.78 is 41.4. The second-order valence-electron chi connectivity index (χ2n) is 16.4. The number of aromatic nitrogens is 2. The summed E-state index contributed by atoms with van der Waals surface area (Å²) in [6.45, 7) is 12.5. The zero-order valence-electron chi connectivity index (χ0n) is 33.8. The second-order valence-corrected chi connectivity index (χ2v) is 18.8. The van der Waals surface area contributed by atoms with Crippen LogP contribution in [-0.2, 0) is 24.2 Å². The van der Waals surface area contributed by atoms with Gasteiger partial charge in [-0.1, -0.05) is 23.7 Å². The Labute approximate surface area is 338 Å². The van der Waals surface area contributed by atoms with Gasteiger partial charge in [-0.15, -0.1) is 4.99 Å². The number of carbonyl (C=O) groups excluding carboxylic acids is 4. The van der Waals surface area contributed by atoms with Gasteiger partial charge in [0.25, 0.3) is 0 Å². The van der Waals surface area contributed by atoms with Crippen molar-refractivity contribution >= 4 is 57.6 Å². The summed E-state index contributed by atoms with van der Waals surface area (Å²) in [4.78, 5) is 69.0. The van der Waals surface area contributed by atoms with Crippen molar-refractivity contribution in [2.24, 2.45) is 16.8 Å². The number of hydrogen-bond donors (Lipinski definition) is 3. The standard InChI is InChI=1S/C37H54ClN9O9S/c1-36(2,3)55-33(49)42-31(43-34(50)56-37(4,5)6)44-17-19-45(20-18-44)35(51)47-22-25(23-13-15-46(16-14-23)57(8,52)53)21-27(47)30-40-28(29(38)41-30)24-9-11-26(12-10-24)39-32(48)54-7/h9-12,23,25,27H,13-22H2,1-8H3,(H,39,48)(H,40,41)(H,42,43,49,50)/t25-,27-/m0/s1. The minimum Gasteiger partial charge on any atom is -0.453 e. The number of halogens is 1. The monoisotopic (exact) mass is 835 g/mol. The molecule has 0 saturated carbocycles. The zero-order valence-corrected chi connectivity index (χ0v) is 35.3. The number of urea groups is 1. The Balaban J connectivity index is 1.35. The number of hydrogen-bond acceptors (Lipinski definition) is 10. The molecule has 0 unspecified atom stereocenters. The number of rotatable bonds is 5. The molecule has 3 N–H and O–H groups in total. The van der Waals surface area contributed by atoms with Crippen LogP contribution in [0.15, 0.2) is 29.3 Å². The number of sulfonamides is 1. The molecular weight excluding hydrogens is 782 g/mol. The number of alkyl carbamates (subject to hydrolysis) is 1. The second kappa shape index (κ2) is 17.5. The van der Waals surface area contributed by atoms with Crippen molar-refractivity contribution in [1.29, 1.82) is 0 Å². The van der Waals surface area contributed by atoms with Crippen LogP contribution in [0.2, 0.25) is 5.15 Å². The number of likely N-dealkylation sites (tertiary alicyclic amines) is 1. The van der Waals surface area contributed by atoms with Crippen molar-refractivity contribution in [2.75, 3.05) is 64.5 Å². The van der Waals surface area contributed by atoms with Crippen molar-refractivity contribution < 1.29 is 41.8 Å². The smallest absolute Gasteiger partial charge is 0.437 e. The van der Waals surface area contributed by atoms with E-state index in [0.29, 0.717) is 66.8 Å². The van der Waals surface area contributed by atoms with Gasteiger partial charge in [-0.2, -0.15) is 0 Å². The number of piperidine rings is 1. The highest BCUT2D eigenvalue weighted by molar-refractivity contribution is 7.88. The maximum atomic E-state index is 14.5. The first-order chi connectivity index (χ1) is 26.6. The van der Waals surface area contributed by atoms with Gasteiger partial charge in [0.15, 0.2) is 0 Å². The molecule has 0 spiro atoms. The molecule has 3 aliphatic heterocycles. The van der Waals surface area contributed by atoms with Crippen LogP contribution in [0.3, 0.4) is 0 Å². The van der Waals surface area contributed by atoms with Crippen molar-refractivity contribution in [2.45, 2.75) is 78.0 Å². The molecule has 0 bridgehead atoms. The van der Waals surface area contributed by atoms with E-state index in [1.54, 1.807) is 80.5 Å². The Morgan fingerprint density at radius 3 is 2.04 bits per heavy atom. The third-order valence-corrected chi connectivity index (χ3v) is 11.4. The van der Waals surface area contributed by atoms with E-state index in [2.05, 4.69) is 25.3 Å². The van der Waals surface area contributed by atoms with Gasteiger partial charge in [0.2, 0.25) is 16.0 Å². The number of nitrogens with zero attached hydrogens (tertiary/aromatic N) is 6. The molecule has 57 heavy (non-hydrogen) atoms. The van der Waals surface area contributed by atoms with E-state index in [9.17, 15) is 27.6 Å². The third kappa shape index (κ3) is 11.7. The van der Waals surface area contributed by atoms with Gasteiger partial charge in [0.05, 0.1) is 19.4 Å². The summed E-state index contributed by atoms with van der Waals surface area (Å²) in [6, 6.07) is 6.27. The van der Waals surface area contributed by atoms with E-state index in [0.717, 1.165) is 0 Å². The lowest BCUT2D eigenvalue weighted by atomic mass is 9.83. The predicted octanol–water partition coefficient (Wildman–Crippen LogP) is 5.50. The lowest BCUT2D eigenvalue weighted by molar-refractivity contribution is 0.0549. The van der Waals surface area contributed by atoms with E-state index >= 15 is 0 Å². The normalized spacial score (nSPS) is 20.3. The lowest BCUT2D eigenvalue weighted by Crippen LogP contribution is -2.57. The van der Waals surface area contributed by atoms with Crippen molar-refractivity contribution in [1.82, 2.24) is 34.3 Å². The molecule has 0 aliphatic carbocycles. The van der Waals surface area contributed by atoms with Crippen LogP contribution in [0, 0.1) is 11.8 Å². The summed E-state index contributed by atoms with van der Waals surface area (Å²) in [5.74, 6) is 0.731. The van der Waals surface area contributed by atoms with Crippen LogP contribution < -0.4 is 10.6 Å². The average molecular weight is 836 g/mol. The summed E-state index contributed by atoms with van der Waals surface area (Å²) >= 11 is 6.74. The van der Waals surface area contributed by atoms with Crippen LogP contribution in [0.4, 0.5) is 24.9 Å². The number of amides is 5. The van der Waals surface area contributed by atoms with Crippen molar-refractivity contribution in [3.05, 3.63) is 35.2 Å². The number of guanidine groups is 1. The molecule has 18 nitrogen and oxygen atoms in total. The number of aliphatic imine (C=N–C) groups is 1. The molecule has 1 aromatic heterocycles. The lowest BCUT2D eigenvalue weighted by Gasteiger charge is -2.39. The average Bonchev–Trinajstić information content (AvgIpc) is 3.73. The van der Waals surface area contributed by atoms with Crippen LogP contribution in [0.1, 0.15) is 72.7 Å². The molecule has 1 aromatic carbocycles. The maximum absolute atomic E-state index is 14.5. The fraction of sp³-hybridized carbons (Fsp3) is 0.622. The van der Waals surface area contributed by atoms with Crippen LogP contribution >= 0.6 is 11.6 Å². The van der Waals surface area contributed by atoms with E-state index in [1.165, 1.54) is 17.7 Å². The highest BCUT2D eigenvalue weighted by atomic mass is 35.5. The van der Waals surface area contributed by atoms with E-state index in [4.69, 9.17) is 26.1 Å². The minimum atomic E-state index is -3.31. The first-order valence-electron chi connectivity index (χ1n) is 18.9. The topological polar surface area (TPSA) is 208 Å². The first-order valence-corrected chi connectivity index (χ1v) is 21.1. The highest BCUT2D eigenvalue weighted by Crippen LogP contribution is 2.43. The summed E-state index contributed by atoms with van der Waals surface area (Å²) in [5.41, 5.74) is 0.0897. The summed E-state index contributed by atoms with van der Waals surface area (Å²) in [7, 11) is -2.03.